The summed E-state index contributed by atoms with van der Waals surface area (Å²) in [6.45, 7) is 2.70. The fourth-order valence-corrected chi connectivity index (χ4v) is 2.57. The van der Waals surface area contributed by atoms with Crippen LogP contribution in [0.2, 0.25) is 0 Å². The van der Waals surface area contributed by atoms with Crippen molar-refractivity contribution in [3.63, 3.8) is 0 Å². The van der Waals surface area contributed by atoms with Crippen LogP contribution in [0.25, 0.3) is 11.1 Å². The first-order valence-corrected chi connectivity index (χ1v) is 7.47. The van der Waals surface area contributed by atoms with E-state index in [1.807, 2.05) is 0 Å². The van der Waals surface area contributed by atoms with E-state index in [1.54, 1.807) is 0 Å². The zero-order chi connectivity index (χ0) is 14.7. The molecule has 0 aliphatic carbocycles. The van der Waals surface area contributed by atoms with E-state index in [0.717, 1.165) is 31.9 Å². The van der Waals surface area contributed by atoms with E-state index in [0.29, 0.717) is 0 Å². The lowest BCUT2D eigenvalue weighted by molar-refractivity contribution is 0.261. The topological polar surface area (TPSA) is 24.5 Å². The molecule has 1 aliphatic rings. The molecule has 2 aromatic rings. The number of rotatable bonds is 5. The third-order valence-electron chi connectivity index (χ3n) is 3.81. The second-order valence-electron chi connectivity index (χ2n) is 5.72. The highest BCUT2D eigenvalue weighted by Crippen LogP contribution is 2.29. The van der Waals surface area contributed by atoms with Crippen LogP contribution in [-0.4, -0.2) is 38.7 Å². The molecule has 1 aliphatic heterocycles. The minimum absolute atomic E-state index is 0.719. The van der Waals surface area contributed by atoms with Crippen LogP contribution in [0, 0.1) is 0 Å². The zero-order valence-corrected chi connectivity index (χ0v) is 12.7. The average Bonchev–Trinajstić information content (AvgIpc) is 2.95. The molecule has 1 N–H and O–H groups in total. The minimum atomic E-state index is 0.719. The van der Waals surface area contributed by atoms with Gasteiger partial charge in [0.05, 0.1) is 0 Å². The minimum Gasteiger partial charge on any atom is -0.492 e. The Kier molecular flexibility index (Phi) is 4.11. The molecule has 21 heavy (non-hydrogen) atoms. The maximum Gasteiger partial charge on any atom is 0.119 e. The van der Waals surface area contributed by atoms with Gasteiger partial charge in [0.1, 0.15) is 12.4 Å². The van der Waals surface area contributed by atoms with Crippen LogP contribution in [-0.2, 0) is 6.42 Å². The van der Waals surface area contributed by atoms with Crippen molar-refractivity contribution < 1.29 is 4.74 Å². The highest BCUT2D eigenvalue weighted by molar-refractivity contribution is 5.70. The average molecular weight is 282 g/mol. The molecule has 3 rings (SSSR count). The van der Waals surface area contributed by atoms with Gasteiger partial charge in [-0.15, -0.1) is 0 Å². The van der Waals surface area contributed by atoms with Crippen molar-refractivity contribution in [2.24, 2.45) is 0 Å². The van der Waals surface area contributed by atoms with Crippen molar-refractivity contribution in [2.45, 2.75) is 6.42 Å². The van der Waals surface area contributed by atoms with Crippen molar-refractivity contribution in [3.05, 3.63) is 48.0 Å². The Labute approximate surface area is 126 Å². The van der Waals surface area contributed by atoms with Gasteiger partial charge in [-0.1, -0.05) is 18.2 Å². The van der Waals surface area contributed by atoms with E-state index in [-0.39, 0.29) is 0 Å². The molecule has 1 heterocycles. The molecule has 0 fully saturated rings. The molecule has 0 amide bonds. The third-order valence-corrected chi connectivity index (χ3v) is 3.81. The van der Waals surface area contributed by atoms with Crippen LogP contribution in [0.5, 0.6) is 5.75 Å². The van der Waals surface area contributed by atoms with Crippen LogP contribution in [0.3, 0.4) is 0 Å². The van der Waals surface area contributed by atoms with Gasteiger partial charge >= 0.3 is 0 Å². The summed E-state index contributed by atoms with van der Waals surface area (Å²) in [4.78, 5) is 2.12. The van der Waals surface area contributed by atoms with Crippen molar-refractivity contribution in [2.75, 3.05) is 39.1 Å². The van der Waals surface area contributed by atoms with E-state index in [2.05, 4.69) is 66.8 Å². The number of ether oxygens (including phenoxy) is 1. The molecule has 0 bridgehead atoms. The predicted octanol–water partition coefficient (Wildman–Crippen LogP) is 3.26. The van der Waals surface area contributed by atoms with Gasteiger partial charge in [0.2, 0.25) is 0 Å². The maximum atomic E-state index is 5.73. The van der Waals surface area contributed by atoms with Gasteiger partial charge in [0, 0.05) is 18.8 Å². The summed E-state index contributed by atoms with van der Waals surface area (Å²) in [5, 5.41) is 3.40. The van der Waals surface area contributed by atoms with Gasteiger partial charge in [-0.3, -0.25) is 0 Å². The van der Waals surface area contributed by atoms with Crippen molar-refractivity contribution in [1.29, 1.82) is 0 Å². The number of nitrogens with zero attached hydrogens (tertiary/aromatic N) is 1. The Hall–Kier alpha value is -2.00. The van der Waals surface area contributed by atoms with Gasteiger partial charge < -0.3 is 15.0 Å². The molecule has 0 spiro atoms. The van der Waals surface area contributed by atoms with E-state index in [1.165, 1.54) is 22.4 Å². The van der Waals surface area contributed by atoms with Crippen LogP contribution >= 0.6 is 0 Å². The summed E-state index contributed by atoms with van der Waals surface area (Å²) in [6.07, 6.45) is 1.12. The van der Waals surface area contributed by atoms with Gasteiger partial charge in [0.25, 0.3) is 0 Å². The van der Waals surface area contributed by atoms with Crippen LogP contribution in [0.1, 0.15) is 5.56 Å². The van der Waals surface area contributed by atoms with Gasteiger partial charge in [-0.2, -0.15) is 0 Å². The summed E-state index contributed by atoms with van der Waals surface area (Å²) in [5.74, 6) is 0.934. The van der Waals surface area contributed by atoms with E-state index >= 15 is 0 Å². The molecule has 3 heteroatoms. The third kappa shape index (κ3) is 3.37. The molecular formula is C18H22N2O. The van der Waals surface area contributed by atoms with Crippen molar-refractivity contribution in [1.82, 2.24) is 4.90 Å². The normalized spacial score (nSPS) is 13.1. The molecular weight excluding hydrogens is 260 g/mol. The molecule has 3 nitrogen and oxygen atoms in total. The highest BCUT2D eigenvalue weighted by Gasteiger charge is 2.10. The standard InChI is InChI=1S/C18H22N2O/c1-20(2)11-12-21-17-6-3-14(4-7-17)15-5-8-18-16(13-15)9-10-19-18/h3-8,13,19H,9-12H2,1-2H3. The Bertz CT molecular complexity index is 605. The summed E-state index contributed by atoms with van der Waals surface area (Å²) in [7, 11) is 4.10. The van der Waals surface area contributed by atoms with Crippen LogP contribution in [0.4, 0.5) is 5.69 Å². The zero-order valence-electron chi connectivity index (χ0n) is 12.7. The fraction of sp³-hybridized carbons (Fsp3) is 0.333. The monoisotopic (exact) mass is 282 g/mol. The Balaban J connectivity index is 1.69. The number of hydrogen-bond donors (Lipinski definition) is 1. The number of benzene rings is 2. The quantitative estimate of drug-likeness (QED) is 0.911. The second-order valence-corrected chi connectivity index (χ2v) is 5.72. The highest BCUT2D eigenvalue weighted by atomic mass is 16.5. The lowest BCUT2D eigenvalue weighted by Crippen LogP contribution is -2.19. The first-order chi connectivity index (χ1) is 10.2. The molecule has 110 valence electrons. The van der Waals surface area contributed by atoms with Crippen LogP contribution < -0.4 is 10.1 Å². The van der Waals surface area contributed by atoms with Crippen molar-refractivity contribution >= 4 is 5.69 Å². The van der Waals surface area contributed by atoms with Gasteiger partial charge in [-0.05, 0) is 61.5 Å². The smallest absolute Gasteiger partial charge is 0.119 e. The largest absolute Gasteiger partial charge is 0.492 e. The number of likely N-dealkylation sites (N-methyl/N-ethyl adjacent to an activating group) is 1. The molecule has 0 saturated heterocycles. The Morgan fingerprint density at radius 1 is 1.05 bits per heavy atom. The number of nitrogens with one attached hydrogen (secondary N) is 1. The van der Waals surface area contributed by atoms with E-state index < -0.39 is 0 Å². The molecule has 0 aromatic heterocycles. The van der Waals surface area contributed by atoms with Gasteiger partial charge in [-0.25, -0.2) is 0 Å². The SMILES string of the molecule is CN(C)CCOc1ccc(-c2ccc3c(c2)CCN3)cc1. The molecule has 2 aromatic carbocycles. The lowest BCUT2D eigenvalue weighted by atomic mass is 10.0. The predicted molar refractivity (Wildman–Crippen MR) is 88.1 cm³/mol. The van der Waals surface area contributed by atoms with E-state index in [4.69, 9.17) is 4.74 Å². The number of fused-ring (bicyclic) bond motifs is 1. The summed E-state index contributed by atoms with van der Waals surface area (Å²) >= 11 is 0. The Morgan fingerprint density at radius 2 is 1.81 bits per heavy atom. The first-order valence-electron chi connectivity index (χ1n) is 7.47. The molecule has 0 atom stereocenters. The first kappa shape index (κ1) is 14.0. The van der Waals surface area contributed by atoms with Crippen molar-refractivity contribution in [3.8, 4) is 16.9 Å². The maximum absolute atomic E-state index is 5.73. The lowest BCUT2D eigenvalue weighted by Gasteiger charge is -2.11. The summed E-state index contributed by atoms with van der Waals surface area (Å²) in [6, 6.07) is 15.0. The summed E-state index contributed by atoms with van der Waals surface area (Å²) < 4.78 is 5.73. The van der Waals surface area contributed by atoms with E-state index in [9.17, 15) is 0 Å². The second kappa shape index (κ2) is 6.19. The fourth-order valence-electron chi connectivity index (χ4n) is 2.57. The molecule has 0 saturated carbocycles. The number of hydrogen-bond acceptors (Lipinski definition) is 3. The molecule has 0 radical (unpaired) electrons. The molecule has 0 unspecified atom stereocenters. The van der Waals surface area contributed by atoms with Gasteiger partial charge in [0.15, 0.2) is 0 Å². The summed E-state index contributed by atoms with van der Waals surface area (Å²) in [5.41, 5.74) is 5.21. The van der Waals surface area contributed by atoms with Crippen LogP contribution in [0.15, 0.2) is 42.5 Å². The number of anilines is 1. The Morgan fingerprint density at radius 3 is 2.57 bits per heavy atom.